The number of amides is 1. The second-order valence-electron chi connectivity index (χ2n) is 5.64. The van der Waals surface area contributed by atoms with Gasteiger partial charge in [0.25, 0.3) is 0 Å². The van der Waals surface area contributed by atoms with E-state index >= 15 is 0 Å². The smallest absolute Gasteiger partial charge is 0.223 e. The van der Waals surface area contributed by atoms with Crippen molar-refractivity contribution < 1.29 is 9.53 Å². The van der Waals surface area contributed by atoms with Gasteiger partial charge in [-0.15, -0.1) is 0 Å². The normalized spacial score (nSPS) is 15.1. The minimum atomic E-state index is -0.420. The third kappa shape index (κ3) is 2.45. The van der Waals surface area contributed by atoms with Crippen molar-refractivity contribution in [1.29, 1.82) is 0 Å². The number of hydrogen-bond acceptors (Lipinski definition) is 3. The highest BCUT2D eigenvalue weighted by Crippen LogP contribution is 2.40. The van der Waals surface area contributed by atoms with Crippen LogP contribution < -0.4 is 15.4 Å². The van der Waals surface area contributed by atoms with Crippen molar-refractivity contribution >= 4 is 11.6 Å². The van der Waals surface area contributed by atoms with Gasteiger partial charge < -0.3 is 15.4 Å². The van der Waals surface area contributed by atoms with Gasteiger partial charge in [0.1, 0.15) is 5.75 Å². The Morgan fingerprint density at radius 2 is 2.11 bits per heavy atom. The highest BCUT2D eigenvalue weighted by atomic mass is 16.5. The molecule has 1 amide bonds. The number of methoxy groups -OCH3 is 1. The summed E-state index contributed by atoms with van der Waals surface area (Å²) < 4.78 is 5.43. The van der Waals surface area contributed by atoms with Crippen LogP contribution in [0.5, 0.6) is 5.75 Å². The molecule has 1 aromatic carbocycles. The summed E-state index contributed by atoms with van der Waals surface area (Å²) in [7, 11) is 1.63. The van der Waals surface area contributed by atoms with E-state index in [-0.39, 0.29) is 5.91 Å². The van der Waals surface area contributed by atoms with Gasteiger partial charge in [-0.3, -0.25) is 4.79 Å². The number of ether oxygens (including phenoxy) is 1. The third-order valence-electron chi connectivity index (χ3n) is 3.62. The van der Waals surface area contributed by atoms with Gasteiger partial charge >= 0.3 is 0 Å². The zero-order valence-electron chi connectivity index (χ0n) is 12.1. The van der Waals surface area contributed by atoms with E-state index in [2.05, 4.69) is 0 Å². The fourth-order valence-electron chi connectivity index (χ4n) is 2.77. The number of benzene rings is 1. The molecule has 0 bridgehead atoms. The highest BCUT2D eigenvalue weighted by Gasteiger charge is 2.29. The van der Waals surface area contributed by atoms with Crippen LogP contribution in [0.25, 0.3) is 0 Å². The van der Waals surface area contributed by atoms with Crippen LogP contribution in [-0.2, 0) is 16.8 Å². The summed E-state index contributed by atoms with van der Waals surface area (Å²) in [5.41, 5.74) is 8.97. The maximum atomic E-state index is 11.8. The number of nitrogens with two attached hydrogens (primary N) is 1. The first-order valence-electron chi connectivity index (χ1n) is 6.63. The molecule has 0 unspecified atom stereocenters. The Morgan fingerprint density at radius 3 is 2.63 bits per heavy atom. The number of fused-ring (bicyclic) bond motifs is 1. The van der Waals surface area contributed by atoms with E-state index in [1.807, 2.05) is 26.0 Å². The molecule has 2 rings (SSSR count). The Morgan fingerprint density at radius 1 is 1.42 bits per heavy atom. The molecule has 4 nitrogen and oxygen atoms in total. The second-order valence-corrected chi connectivity index (χ2v) is 5.64. The molecule has 2 N–H and O–H groups in total. The topological polar surface area (TPSA) is 55.6 Å². The Hall–Kier alpha value is -1.55. The number of carbonyl (C=O) groups excluding carboxylic acids is 1. The van der Waals surface area contributed by atoms with Crippen molar-refractivity contribution in [2.75, 3.05) is 18.6 Å². The van der Waals surface area contributed by atoms with Gasteiger partial charge in [0.05, 0.1) is 12.8 Å². The molecule has 0 fully saturated rings. The van der Waals surface area contributed by atoms with Crippen LogP contribution in [0, 0.1) is 0 Å². The van der Waals surface area contributed by atoms with Gasteiger partial charge in [-0.2, -0.15) is 0 Å². The van der Waals surface area contributed by atoms with Gasteiger partial charge in [0.2, 0.25) is 5.91 Å². The first-order chi connectivity index (χ1) is 8.86. The van der Waals surface area contributed by atoms with Crippen LogP contribution in [0.2, 0.25) is 0 Å². The molecule has 0 aliphatic carbocycles. The molecule has 4 heteroatoms. The van der Waals surface area contributed by atoms with E-state index in [4.69, 9.17) is 10.5 Å². The van der Waals surface area contributed by atoms with E-state index < -0.39 is 5.54 Å². The molecule has 19 heavy (non-hydrogen) atoms. The highest BCUT2D eigenvalue weighted by molar-refractivity contribution is 5.95. The molecule has 0 spiro atoms. The summed E-state index contributed by atoms with van der Waals surface area (Å²) in [6.45, 7) is 6.31. The lowest BCUT2D eigenvalue weighted by molar-refractivity contribution is -0.116. The average Bonchev–Trinajstić information content (AvgIpc) is 2.35. The van der Waals surface area contributed by atoms with Gasteiger partial charge in [0.15, 0.2) is 0 Å². The van der Waals surface area contributed by atoms with Crippen LogP contribution in [0.15, 0.2) is 12.1 Å². The van der Waals surface area contributed by atoms with Crippen molar-refractivity contribution in [1.82, 2.24) is 0 Å². The largest absolute Gasteiger partial charge is 0.495 e. The van der Waals surface area contributed by atoms with Crippen molar-refractivity contribution in [3.63, 3.8) is 0 Å². The number of carbonyl (C=O) groups is 1. The zero-order valence-corrected chi connectivity index (χ0v) is 12.1. The standard InChI is InChI=1S/C15H22N2O2/c1-10(18)17-9-5-6-11-12(15(2,3)16)7-8-13(19-4)14(11)17/h7-8H,5-6,9,16H2,1-4H3. The fraction of sp³-hybridized carbons (Fsp3) is 0.533. The molecule has 0 atom stereocenters. The quantitative estimate of drug-likeness (QED) is 0.889. The number of anilines is 1. The Kier molecular flexibility index (Phi) is 3.54. The molecule has 1 heterocycles. The molecule has 0 radical (unpaired) electrons. The molecule has 104 valence electrons. The van der Waals surface area contributed by atoms with Gasteiger partial charge in [-0.25, -0.2) is 0 Å². The van der Waals surface area contributed by atoms with Crippen molar-refractivity contribution in [3.05, 3.63) is 23.3 Å². The summed E-state index contributed by atoms with van der Waals surface area (Å²) in [6, 6.07) is 3.92. The minimum absolute atomic E-state index is 0.0474. The number of rotatable bonds is 2. The van der Waals surface area contributed by atoms with E-state index in [1.54, 1.807) is 18.9 Å². The molecular weight excluding hydrogens is 240 g/mol. The SMILES string of the molecule is COc1ccc(C(C)(C)N)c2c1N(C(C)=O)CCC2. The van der Waals surface area contributed by atoms with Gasteiger partial charge in [-0.1, -0.05) is 6.07 Å². The van der Waals surface area contributed by atoms with Crippen molar-refractivity contribution in [2.45, 2.75) is 39.2 Å². The summed E-state index contributed by atoms with van der Waals surface area (Å²) in [6.07, 6.45) is 1.90. The monoisotopic (exact) mass is 262 g/mol. The van der Waals surface area contributed by atoms with E-state index in [0.29, 0.717) is 0 Å². The Labute approximate surface area is 114 Å². The van der Waals surface area contributed by atoms with E-state index in [1.165, 1.54) is 0 Å². The van der Waals surface area contributed by atoms with Crippen LogP contribution in [-0.4, -0.2) is 19.6 Å². The molecule has 0 saturated heterocycles. The van der Waals surface area contributed by atoms with Gasteiger partial charge in [-0.05, 0) is 43.9 Å². The maximum Gasteiger partial charge on any atom is 0.223 e. The van der Waals surface area contributed by atoms with Gasteiger partial charge in [0, 0.05) is 19.0 Å². The predicted octanol–water partition coefficient (Wildman–Crippen LogP) is 2.19. The van der Waals surface area contributed by atoms with Crippen LogP contribution in [0.4, 0.5) is 5.69 Å². The minimum Gasteiger partial charge on any atom is -0.495 e. The summed E-state index contributed by atoms with van der Waals surface area (Å²) in [4.78, 5) is 13.6. The Balaban J connectivity index is 2.67. The second kappa shape index (κ2) is 4.85. The first-order valence-corrected chi connectivity index (χ1v) is 6.63. The number of nitrogens with zero attached hydrogens (tertiary/aromatic N) is 1. The fourth-order valence-corrected chi connectivity index (χ4v) is 2.77. The zero-order chi connectivity index (χ0) is 14.2. The lowest BCUT2D eigenvalue weighted by Gasteiger charge is -2.34. The molecule has 1 aromatic rings. The van der Waals surface area contributed by atoms with E-state index in [9.17, 15) is 4.79 Å². The summed E-state index contributed by atoms with van der Waals surface area (Å²) >= 11 is 0. The molecule has 0 aromatic heterocycles. The summed E-state index contributed by atoms with van der Waals surface area (Å²) in [5, 5.41) is 0. The third-order valence-corrected chi connectivity index (χ3v) is 3.62. The van der Waals surface area contributed by atoms with Crippen LogP contribution in [0.3, 0.4) is 0 Å². The molecule has 1 aliphatic heterocycles. The molecular formula is C15H22N2O2. The summed E-state index contributed by atoms with van der Waals surface area (Å²) in [5.74, 6) is 0.795. The lowest BCUT2D eigenvalue weighted by Crippen LogP contribution is -2.37. The number of hydrogen-bond donors (Lipinski definition) is 1. The first kappa shape index (κ1) is 13.9. The van der Waals surface area contributed by atoms with Crippen LogP contribution in [0.1, 0.15) is 38.3 Å². The lowest BCUT2D eigenvalue weighted by atomic mass is 9.86. The molecule has 1 aliphatic rings. The molecule has 0 saturated carbocycles. The maximum absolute atomic E-state index is 11.8. The predicted molar refractivity (Wildman–Crippen MR) is 76.6 cm³/mol. The Bertz CT molecular complexity index is 504. The average molecular weight is 262 g/mol. The van der Waals surface area contributed by atoms with Crippen molar-refractivity contribution in [2.24, 2.45) is 5.73 Å². The van der Waals surface area contributed by atoms with Crippen molar-refractivity contribution in [3.8, 4) is 5.75 Å². The van der Waals surface area contributed by atoms with Crippen LogP contribution >= 0.6 is 0 Å². The van der Waals surface area contributed by atoms with E-state index in [0.717, 1.165) is 42.0 Å².